The molecule has 1 fully saturated rings. The first-order valence-corrected chi connectivity index (χ1v) is 9.88. The summed E-state index contributed by atoms with van der Waals surface area (Å²) >= 11 is 0. The molecule has 1 saturated carbocycles. The molecule has 0 saturated heterocycles. The van der Waals surface area contributed by atoms with E-state index in [1.165, 1.54) is 31.3 Å². The summed E-state index contributed by atoms with van der Waals surface area (Å²) in [6.45, 7) is 0. The Balaban J connectivity index is 2.17. The molecule has 1 aromatic rings. The van der Waals surface area contributed by atoms with E-state index in [1.807, 2.05) is 0 Å². The highest BCUT2D eigenvalue weighted by Crippen LogP contribution is 2.20. The van der Waals surface area contributed by atoms with Crippen LogP contribution in [0.4, 0.5) is 0 Å². The molecular formula is C13H20N2O4S2. The predicted octanol–water partition coefficient (Wildman–Crippen LogP) is 1.21. The summed E-state index contributed by atoms with van der Waals surface area (Å²) in [7, 11) is -5.84. The van der Waals surface area contributed by atoms with Gasteiger partial charge in [-0.15, -0.1) is 0 Å². The van der Waals surface area contributed by atoms with Crippen LogP contribution in [0.15, 0.2) is 34.1 Å². The van der Waals surface area contributed by atoms with E-state index >= 15 is 0 Å². The van der Waals surface area contributed by atoms with Crippen LogP contribution in [0, 0.1) is 0 Å². The van der Waals surface area contributed by atoms with Crippen LogP contribution in [0.25, 0.3) is 0 Å². The lowest BCUT2D eigenvalue weighted by Gasteiger charge is -2.22. The second kappa shape index (κ2) is 6.43. The Morgan fingerprint density at radius 3 is 1.81 bits per heavy atom. The van der Waals surface area contributed by atoms with Gasteiger partial charge in [-0.25, -0.2) is 26.3 Å². The van der Waals surface area contributed by atoms with Gasteiger partial charge in [-0.2, -0.15) is 0 Å². The molecule has 6 nitrogen and oxygen atoms in total. The fraction of sp³-hybridized carbons (Fsp3) is 0.538. The Bertz CT molecular complexity index is 675. The highest BCUT2D eigenvalue weighted by Gasteiger charge is 2.22. The third-order valence-corrected chi connectivity index (χ3v) is 6.61. The molecule has 8 heteroatoms. The van der Waals surface area contributed by atoms with Gasteiger partial charge >= 0.3 is 0 Å². The summed E-state index contributed by atoms with van der Waals surface area (Å²) in [5.41, 5.74) is 0. The van der Waals surface area contributed by atoms with Crippen LogP contribution in [-0.4, -0.2) is 29.9 Å². The van der Waals surface area contributed by atoms with Crippen molar-refractivity contribution in [3.05, 3.63) is 24.3 Å². The van der Waals surface area contributed by atoms with Gasteiger partial charge in [0.05, 0.1) is 9.79 Å². The van der Waals surface area contributed by atoms with Crippen molar-refractivity contribution in [1.82, 2.24) is 9.44 Å². The fourth-order valence-electron chi connectivity index (χ4n) is 2.42. The Kier molecular flexibility index (Phi) is 5.03. The first kappa shape index (κ1) is 16.4. The van der Waals surface area contributed by atoms with Crippen molar-refractivity contribution in [2.45, 2.75) is 47.9 Å². The molecule has 118 valence electrons. The standard InChI is InChI=1S/C13H20N2O4S2/c1-14-20(16,17)12-7-9-13(10-8-12)21(18,19)15-11-5-3-2-4-6-11/h7-11,14-15H,2-6H2,1H3. The molecule has 2 N–H and O–H groups in total. The third kappa shape index (κ3) is 4.03. The van der Waals surface area contributed by atoms with E-state index in [-0.39, 0.29) is 15.8 Å². The van der Waals surface area contributed by atoms with Crippen molar-refractivity contribution < 1.29 is 16.8 Å². The quantitative estimate of drug-likeness (QED) is 0.847. The molecule has 21 heavy (non-hydrogen) atoms. The molecule has 0 bridgehead atoms. The van der Waals surface area contributed by atoms with E-state index in [2.05, 4.69) is 9.44 Å². The highest BCUT2D eigenvalue weighted by molar-refractivity contribution is 7.90. The van der Waals surface area contributed by atoms with Gasteiger partial charge in [-0.1, -0.05) is 19.3 Å². The van der Waals surface area contributed by atoms with Crippen LogP contribution in [0.5, 0.6) is 0 Å². The Hall–Kier alpha value is -0.960. The molecule has 0 unspecified atom stereocenters. The smallest absolute Gasteiger partial charge is 0.214 e. The third-order valence-electron chi connectivity index (χ3n) is 3.64. The van der Waals surface area contributed by atoms with E-state index in [0.29, 0.717) is 0 Å². The molecule has 1 aliphatic carbocycles. The number of hydrogen-bond acceptors (Lipinski definition) is 4. The Morgan fingerprint density at radius 2 is 1.33 bits per heavy atom. The van der Waals surface area contributed by atoms with Crippen molar-refractivity contribution in [1.29, 1.82) is 0 Å². The Labute approximate surface area is 126 Å². The SMILES string of the molecule is CNS(=O)(=O)c1ccc(S(=O)(=O)NC2CCCCC2)cc1. The predicted molar refractivity (Wildman–Crippen MR) is 79.9 cm³/mol. The van der Waals surface area contributed by atoms with E-state index in [1.54, 1.807) is 0 Å². The molecule has 0 aliphatic heterocycles. The number of benzene rings is 1. The van der Waals surface area contributed by atoms with Crippen LogP contribution in [0.2, 0.25) is 0 Å². The van der Waals surface area contributed by atoms with Gasteiger partial charge in [0.15, 0.2) is 0 Å². The van der Waals surface area contributed by atoms with Gasteiger partial charge in [0.25, 0.3) is 0 Å². The molecule has 1 aromatic carbocycles. The Morgan fingerprint density at radius 1 is 0.857 bits per heavy atom. The van der Waals surface area contributed by atoms with Crippen LogP contribution in [0.1, 0.15) is 32.1 Å². The van der Waals surface area contributed by atoms with E-state index in [4.69, 9.17) is 0 Å². The molecule has 0 atom stereocenters. The number of nitrogens with one attached hydrogen (secondary N) is 2. The zero-order valence-electron chi connectivity index (χ0n) is 11.9. The maximum atomic E-state index is 12.3. The van der Waals surface area contributed by atoms with E-state index < -0.39 is 20.0 Å². The zero-order chi connectivity index (χ0) is 15.5. The molecule has 2 rings (SSSR count). The lowest BCUT2D eigenvalue weighted by molar-refractivity contribution is 0.412. The second-order valence-electron chi connectivity index (χ2n) is 5.14. The van der Waals surface area contributed by atoms with Gasteiger partial charge in [-0.05, 0) is 44.2 Å². The molecular weight excluding hydrogens is 312 g/mol. The minimum atomic E-state index is -3.59. The van der Waals surface area contributed by atoms with Gasteiger partial charge in [-0.3, -0.25) is 0 Å². The minimum Gasteiger partial charge on any atom is -0.214 e. The summed E-state index contributed by atoms with van der Waals surface area (Å²) in [6.07, 6.45) is 4.92. The van der Waals surface area contributed by atoms with Crippen molar-refractivity contribution in [3.8, 4) is 0 Å². The number of sulfonamides is 2. The first-order valence-electron chi connectivity index (χ1n) is 6.91. The summed E-state index contributed by atoms with van der Waals surface area (Å²) in [4.78, 5) is 0.129. The van der Waals surface area contributed by atoms with Gasteiger partial charge < -0.3 is 0 Å². The van der Waals surface area contributed by atoms with Crippen molar-refractivity contribution in [2.24, 2.45) is 0 Å². The van der Waals surface area contributed by atoms with Crippen LogP contribution >= 0.6 is 0 Å². The van der Waals surface area contributed by atoms with Gasteiger partial charge in [0, 0.05) is 6.04 Å². The van der Waals surface area contributed by atoms with E-state index in [9.17, 15) is 16.8 Å². The first-order chi connectivity index (χ1) is 9.85. The number of hydrogen-bond donors (Lipinski definition) is 2. The highest BCUT2D eigenvalue weighted by atomic mass is 32.2. The lowest BCUT2D eigenvalue weighted by Crippen LogP contribution is -2.36. The zero-order valence-corrected chi connectivity index (χ0v) is 13.5. The van der Waals surface area contributed by atoms with Crippen LogP contribution < -0.4 is 9.44 Å². The topological polar surface area (TPSA) is 92.3 Å². The minimum absolute atomic E-state index is 0.0236. The average molecular weight is 332 g/mol. The molecule has 0 radical (unpaired) electrons. The van der Waals surface area contributed by atoms with Crippen LogP contribution in [0.3, 0.4) is 0 Å². The van der Waals surface area contributed by atoms with Gasteiger partial charge in [0.2, 0.25) is 20.0 Å². The van der Waals surface area contributed by atoms with Gasteiger partial charge in [0.1, 0.15) is 0 Å². The summed E-state index contributed by atoms with van der Waals surface area (Å²) < 4.78 is 52.6. The fourth-order valence-corrected chi connectivity index (χ4v) is 4.46. The van der Waals surface area contributed by atoms with Crippen molar-refractivity contribution >= 4 is 20.0 Å². The molecule has 1 aliphatic rings. The van der Waals surface area contributed by atoms with Crippen molar-refractivity contribution in [3.63, 3.8) is 0 Å². The number of rotatable bonds is 5. The molecule has 0 amide bonds. The maximum Gasteiger partial charge on any atom is 0.240 e. The monoisotopic (exact) mass is 332 g/mol. The molecule has 0 aromatic heterocycles. The van der Waals surface area contributed by atoms with Crippen molar-refractivity contribution in [2.75, 3.05) is 7.05 Å². The second-order valence-corrected chi connectivity index (χ2v) is 8.74. The molecule has 0 heterocycles. The van der Waals surface area contributed by atoms with Crippen LogP contribution in [-0.2, 0) is 20.0 Å². The summed E-state index contributed by atoms with van der Waals surface area (Å²) in [5.74, 6) is 0. The average Bonchev–Trinajstić information content (AvgIpc) is 2.48. The molecule has 0 spiro atoms. The van der Waals surface area contributed by atoms with E-state index in [0.717, 1.165) is 32.1 Å². The largest absolute Gasteiger partial charge is 0.240 e. The lowest BCUT2D eigenvalue weighted by atomic mass is 9.96. The maximum absolute atomic E-state index is 12.3. The normalized spacial score (nSPS) is 17.8. The summed E-state index contributed by atoms with van der Waals surface area (Å²) in [6, 6.07) is 5.19. The summed E-state index contributed by atoms with van der Waals surface area (Å²) in [5, 5.41) is 0.